The maximum Gasteiger partial charge on any atom is 0.0590 e. The summed E-state index contributed by atoms with van der Waals surface area (Å²) in [7, 11) is 1.72. The zero-order valence-electron chi connectivity index (χ0n) is 11.1. The van der Waals surface area contributed by atoms with Gasteiger partial charge in [-0.1, -0.05) is 29.3 Å². The zero-order chi connectivity index (χ0) is 13.8. The van der Waals surface area contributed by atoms with Crippen LogP contribution in [0.5, 0.6) is 0 Å². The third-order valence-corrected chi connectivity index (χ3v) is 4.08. The predicted molar refractivity (Wildman–Crippen MR) is 79.9 cm³/mol. The maximum absolute atomic E-state index is 6.31. The largest absolute Gasteiger partial charge is 0.383 e. The molecule has 0 heterocycles. The lowest BCUT2D eigenvalue weighted by atomic mass is 10.0. The molecule has 106 valence electrons. The van der Waals surface area contributed by atoms with Crippen LogP contribution < -0.4 is 5.73 Å². The van der Waals surface area contributed by atoms with E-state index in [0.29, 0.717) is 29.2 Å². The van der Waals surface area contributed by atoms with Crippen molar-refractivity contribution in [2.24, 2.45) is 5.73 Å². The molecule has 0 radical (unpaired) electrons. The minimum Gasteiger partial charge on any atom is -0.383 e. The van der Waals surface area contributed by atoms with E-state index in [1.807, 2.05) is 12.1 Å². The summed E-state index contributed by atoms with van der Waals surface area (Å²) < 4.78 is 5.19. The number of ether oxygens (including phenoxy) is 1. The molecule has 1 saturated carbocycles. The summed E-state index contributed by atoms with van der Waals surface area (Å²) in [6.45, 7) is 2.13. The summed E-state index contributed by atoms with van der Waals surface area (Å²) >= 11 is 12.3. The molecular formula is C14H20Cl2N2O. The van der Waals surface area contributed by atoms with Crippen molar-refractivity contribution in [2.45, 2.75) is 24.9 Å². The molecule has 0 aliphatic heterocycles. The molecule has 1 unspecified atom stereocenters. The number of rotatable bonds is 7. The molecule has 19 heavy (non-hydrogen) atoms. The van der Waals surface area contributed by atoms with Crippen LogP contribution >= 0.6 is 23.2 Å². The van der Waals surface area contributed by atoms with E-state index < -0.39 is 0 Å². The summed E-state index contributed by atoms with van der Waals surface area (Å²) in [5.74, 6) is 0. The monoisotopic (exact) mass is 302 g/mol. The highest BCUT2D eigenvalue weighted by molar-refractivity contribution is 6.35. The molecule has 1 aliphatic carbocycles. The Kier molecular flexibility index (Phi) is 5.48. The Labute approximate surface area is 124 Å². The van der Waals surface area contributed by atoms with Gasteiger partial charge in [-0.2, -0.15) is 0 Å². The standard InChI is InChI=1S/C14H20Cl2N2O/c1-19-7-6-18(11-3-4-11)14(9-17)12-5-2-10(15)8-13(12)16/h2,5,8,11,14H,3-4,6-7,9,17H2,1H3. The Morgan fingerprint density at radius 2 is 2.16 bits per heavy atom. The Morgan fingerprint density at radius 1 is 1.42 bits per heavy atom. The van der Waals surface area contributed by atoms with Crippen LogP contribution in [0.2, 0.25) is 10.0 Å². The summed E-state index contributed by atoms with van der Waals surface area (Å²) in [4.78, 5) is 2.40. The predicted octanol–water partition coefficient (Wildman–Crippen LogP) is 3.10. The molecule has 2 N–H and O–H groups in total. The highest BCUT2D eigenvalue weighted by Gasteiger charge is 2.34. The van der Waals surface area contributed by atoms with E-state index in [9.17, 15) is 0 Å². The van der Waals surface area contributed by atoms with Gasteiger partial charge in [0.05, 0.1) is 6.61 Å². The van der Waals surface area contributed by atoms with Crippen molar-refractivity contribution in [3.63, 3.8) is 0 Å². The molecule has 0 spiro atoms. The molecule has 1 fully saturated rings. The Balaban J connectivity index is 2.20. The topological polar surface area (TPSA) is 38.5 Å². The maximum atomic E-state index is 6.31. The van der Waals surface area contributed by atoms with Gasteiger partial charge in [-0.05, 0) is 30.5 Å². The number of hydrogen-bond donors (Lipinski definition) is 1. The number of nitrogens with zero attached hydrogens (tertiary/aromatic N) is 1. The summed E-state index contributed by atoms with van der Waals surface area (Å²) in [6, 6.07) is 6.36. The molecule has 1 aliphatic rings. The number of benzene rings is 1. The first-order valence-corrected chi connectivity index (χ1v) is 7.32. The average molecular weight is 303 g/mol. The van der Waals surface area contributed by atoms with Crippen molar-refractivity contribution >= 4 is 23.2 Å². The van der Waals surface area contributed by atoms with Crippen LogP contribution in [-0.4, -0.2) is 37.7 Å². The molecule has 1 aromatic rings. The quantitative estimate of drug-likeness (QED) is 0.841. The van der Waals surface area contributed by atoms with Crippen LogP contribution in [0.25, 0.3) is 0 Å². The fraction of sp³-hybridized carbons (Fsp3) is 0.571. The minimum atomic E-state index is 0.132. The van der Waals surface area contributed by atoms with Gasteiger partial charge in [0.1, 0.15) is 0 Å². The molecule has 5 heteroatoms. The molecule has 1 aromatic carbocycles. The third kappa shape index (κ3) is 3.83. The van der Waals surface area contributed by atoms with Crippen molar-refractivity contribution in [2.75, 3.05) is 26.8 Å². The molecule has 0 bridgehead atoms. The highest BCUT2D eigenvalue weighted by Crippen LogP contribution is 2.36. The first kappa shape index (κ1) is 15.1. The van der Waals surface area contributed by atoms with Crippen LogP contribution in [-0.2, 0) is 4.74 Å². The van der Waals surface area contributed by atoms with Gasteiger partial charge >= 0.3 is 0 Å². The van der Waals surface area contributed by atoms with Crippen LogP contribution in [0.15, 0.2) is 18.2 Å². The molecule has 1 atom stereocenters. The number of halogens is 2. The lowest BCUT2D eigenvalue weighted by molar-refractivity contribution is 0.115. The zero-order valence-corrected chi connectivity index (χ0v) is 12.6. The van der Waals surface area contributed by atoms with E-state index in [0.717, 1.165) is 12.1 Å². The van der Waals surface area contributed by atoms with Crippen molar-refractivity contribution in [1.82, 2.24) is 4.90 Å². The number of methoxy groups -OCH3 is 1. The van der Waals surface area contributed by atoms with E-state index in [1.165, 1.54) is 12.8 Å². The van der Waals surface area contributed by atoms with Crippen molar-refractivity contribution < 1.29 is 4.74 Å². The van der Waals surface area contributed by atoms with E-state index in [1.54, 1.807) is 13.2 Å². The van der Waals surface area contributed by atoms with E-state index in [2.05, 4.69) is 4.90 Å². The second-order valence-electron chi connectivity index (χ2n) is 4.88. The highest BCUT2D eigenvalue weighted by atomic mass is 35.5. The van der Waals surface area contributed by atoms with Crippen LogP contribution in [0, 0.1) is 0 Å². The number of hydrogen-bond acceptors (Lipinski definition) is 3. The summed E-state index contributed by atoms with van der Waals surface area (Å²) in [5, 5.41) is 1.34. The van der Waals surface area contributed by atoms with Gasteiger partial charge in [-0.3, -0.25) is 4.90 Å². The van der Waals surface area contributed by atoms with Crippen LogP contribution in [0.3, 0.4) is 0 Å². The molecule has 2 rings (SSSR count). The van der Waals surface area contributed by atoms with E-state index in [4.69, 9.17) is 33.7 Å². The van der Waals surface area contributed by atoms with E-state index >= 15 is 0 Å². The van der Waals surface area contributed by atoms with Crippen molar-refractivity contribution in [1.29, 1.82) is 0 Å². The smallest absolute Gasteiger partial charge is 0.0590 e. The van der Waals surface area contributed by atoms with Gasteiger partial charge in [0.15, 0.2) is 0 Å². The Morgan fingerprint density at radius 3 is 2.68 bits per heavy atom. The van der Waals surface area contributed by atoms with Gasteiger partial charge in [0.2, 0.25) is 0 Å². The minimum absolute atomic E-state index is 0.132. The average Bonchev–Trinajstić information content (AvgIpc) is 3.20. The second-order valence-corrected chi connectivity index (χ2v) is 5.72. The number of nitrogens with two attached hydrogens (primary N) is 1. The summed E-state index contributed by atoms with van der Waals surface area (Å²) in [5.41, 5.74) is 7.03. The first-order valence-electron chi connectivity index (χ1n) is 6.57. The fourth-order valence-corrected chi connectivity index (χ4v) is 2.94. The Hall–Kier alpha value is -0.320. The lowest BCUT2D eigenvalue weighted by Crippen LogP contribution is -2.37. The molecule has 3 nitrogen and oxygen atoms in total. The van der Waals surface area contributed by atoms with Crippen LogP contribution in [0.4, 0.5) is 0 Å². The SMILES string of the molecule is COCCN(C1CC1)C(CN)c1ccc(Cl)cc1Cl. The second kappa shape index (κ2) is 6.91. The summed E-state index contributed by atoms with van der Waals surface area (Å²) in [6.07, 6.45) is 2.46. The van der Waals surface area contributed by atoms with Crippen molar-refractivity contribution in [3.8, 4) is 0 Å². The molecular weight excluding hydrogens is 283 g/mol. The van der Waals surface area contributed by atoms with Crippen LogP contribution in [0.1, 0.15) is 24.4 Å². The van der Waals surface area contributed by atoms with Gasteiger partial charge in [0, 0.05) is 42.3 Å². The van der Waals surface area contributed by atoms with Gasteiger partial charge in [0.25, 0.3) is 0 Å². The molecule has 0 saturated heterocycles. The van der Waals surface area contributed by atoms with Crippen molar-refractivity contribution in [3.05, 3.63) is 33.8 Å². The van der Waals surface area contributed by atoms with Gasteiger partial charge in [-0.15, -0.1) is 0 Å². The first-order chi connectivity index (χ1) is 9.17. The van der Waals surface area contributed by atoms with Gasteiger partial charge in [-0.25, -0.2) is 0 Å². The molecule has 0 amide bonds. The fourth-order valence-electron chi connectivity index (χ4n) is 2.41. The normalized spacial score (nSPS) is 16.9. The lowest BCUT2D eigenvalue weighted by Gasteiger charge is -2.31. The van der Waals surface area contributed by atoms with Gasteiger partial charge < -0.3 is 10.5 Å². The molecule has 0 aromatic heterocycles. The Bertz CT molecular complexity index is 424. The third-order valence-electron chi connectivity index (χ3n) is 3.51. The van der Waals surface area contributed by atoms with E-state index in [-0.39, 0.29) is 6.04 Å².